The first-order valence-corrected chi connectivity index (χ1v) is 11.6. The van der Waals surface area contributed by atoms with Gasteiger partial charge in [0.15, 0.2) is 0 Å². The van der Waals surface area contributed by atoms with Crippen molar-refractivity contribution in [3.63, 3.8) is 0 Å². The van der Waals surface area contributed by atoms with Crippen molar-refractivity contribution in [2.45, 2.75) is 63.1 Å². The van der Waals surface area contributed by atoms with E-state index in [9.17, 15) is 19.5 Å². The summed E-state index contributed by atoms with van der Waals surface area (Å²) in [5.41, 5.74) is 4.99. The summed E-state index contributed by atoms with van der Waals surface area (Å²) in [6.07, 6.45) is -0.640. The van der Waals surface area contributed by atoms with Crippen LogP contribution in [-0.2, 0) is 20.8 Å². The number of rotatable bonds is 11. The number of alkyl halides is 1. The molecule has 0 heterocycles. The quantitative estimate of drug-likeness (QED) is 0.285. The van der Waals surface area contributed by atoms with Crippen LogP contribution in [0.15, 0.2) is 42.5 Å². The maximum Gasteiger partial charge on any atom is 0.245 e. The summed E-state index contributed by atoms with van der Waals surface area (Å²) in [5, 5.41) is 19.9. The third kappa shape index (κ3) is 10.0. The standard InChI is InChI=1S/C25H35ClN4O4.ClH/c1-24(2,26)13-21(32)30-25(3,4)23(34)29-20(22(33)28-15-19(31)14-27)12-16-9-10-17-7-5-6-8-18(17)11-16;/h5-11,19-20,31H,12-15,27H2,1-4H3,(H,28,33)(H,29,34)(H,30,32);1H/t19?,20-;/m1./s1. The van der Waals surface area contributed by atoms with Crippen LogP contribution >= 0.6 is 24.0 Å². The van der Waals surface area contributed by atoms with Crippen molar-refractivity contribution < 1.29 is 19.5 Å². The second kappa shape index (κ2) is 13.1. The molecule has 35 heavy (non-hydrogen) atoms. The Hall–Kier alpha value is -2.39. The van der Waals surface area contributed by atoms with E-state index in [1.165, 1.54) is 0 Å². The van der Waals surface area contributed by atoms with Crippen LogP contribution in [0, 0.1) is 0 Å². The van der Waals surface area contributed by atoms with E-state index in [2.05, 4.69) is 16.0 Å². The van der Waals surface area contributed by atoms with E-state index in [1.807, 2.05) is 42.5 Å². The van der Waals surface area contributed by atoms with Crippen molar-refractivity contribution in [2.24, 2.45) is 5.73 Å². The molecule has 194 valence electrons. The summed E-state index contributed by atoms with van der Waals surface area (Å²) in [5.74, 6) is -1.35. The highest BCUT2D eigenvalue weighted by atomic mass is 35.5. The second-order valence-electron chi connectivity index (χ2n) is 9.62. The van der Waals surface area contributed by atoms with E-state index in [1.54, 1.807) is 27.7 Å². The van der Waals surface area contributed by atoms with Crippen molar-refractivity contribution in [3.8, 4) is 0 Å². The van der Waals surface area contributed by atoms with Gasteiger partial charge in [0.2, 0.25) is 17.7 Å². The zero-order chi connectivity index (χ0) is 25.5. The molecule has 2 rings (SSSR count). The van der Waals surface area contributed by atoms with E-state index in [-0.39, 0.29) is 44.2 Å². The van der Waals surface area contributed by atoms with Gasteiger partial charge in [-0.1, -0.05) is 42.5 Å². The summed E-state index contributed by atoms with van der Waals surface area (Å²) in [4.78, 5) is 37.6. The number of aliphatic hydroxyl groups is 1. The Labute approximate surface area is 217 Å². The molecule has 0 bridgehead atoms. The van der Waals surface area contributed by atoms with Gasteiger partial charge in [-0.2, -0.15) is 0 Å². The number of nitrogens with one attached hydrogen (secondary N) is 3. The summed E-state index contributed by atoms with van der Waals surface area (Å²) >= 11 is 6.12. The van der Waals surface area contributed by atoms with E-state index < -0.39 is 34.4 Å². The SMILES string of the molecule is CC(C)(Cl)CC(=O)NC(C)(C)C(=O)N[C@H](Cc1ccc2ccccc2c1)C(=O)NCC(O)CN.Cl. The molecule has 8 nitrogen and oxygen atoms in total. The van der Waals surface area contributed by atoms with Crippen LogP contribution in [0.2, 0.25) is 0 Å². The zero-order valence-electron chi connectivity index (χ0n) is 20.6. The van der Waals surface area contributed by atoms with E-state index in [0.29, 0.717) is 0 Å². The van der Waals surface area contributed by atoms with Gasteiger partial charge in [-0.05, 0) is 44.0 Å². The summed E-state index contributed by atoms with van der Waals surface area (Å²) < 4.78 is 0. The van der Waals surface area contributed by atoms with E-state index in [0.717, 1.165) is 16.3 Å². The number of halogens is 2. The molecule has 0 aliphatic carbocycles. The first-order chi connectivity index (χ1) is 15.8. The number of nitrogens with two attached hydrogens (primary N) is 1. The molecule has 0 aliphatic heterocycles. The minimum absolute atomic E-state index is 0. The molecule has 0 saturated carbocycles. The molecule has 0 saturated heterocycles. The molecule has 10 heteroatoms. The number of benzene rings is 2. The predicted molar refractivity (Wildman–Crippen MR) is 142 cm³/mol. The van der Waals surface area contributed by atoms with Crippen LogP contribution in [-0.4, -0.2) is 58.5 Å². The van der Waals surface area contributed by atoms with Gasteiger partial charge in [0.25, 0.3) is 0 Å². The number of hydrogen-bond donors (Lipinski definition) is 5. The molecule has 3 amide bonds. The minimum atomic E-state index is -1.28. The Morgan fingerprint density at radius 1 is 1.06 bits per heavy atom. The van der Waals surface area contributed by atoms with Crippen molar-refractivity contribution in [1.29, 1.82) is 0 Å². The number of carbonyl (C=O) groups excluding carboxylic acids is 3. The molecule has 0 radical (unpaired) electrons. The maximum atomic E-state index is 13.1. The van der Waals surface area contributed by atoms with E-state index >= 15 is 0 Å². The normalized spacial score (nSPS) is 13.3. The number of hydrogen-bond acceptors (Lipinski definition) is 5. The van der Waals surface area contributed by atoms with Gasteiger partial charge in [0.1, 0.15) is 11.6 Å². The van der Waals surface area contributed by atoms with Gasteiger partial charge in [-0.25, -0.2) is 0 Å². The highest BCUT2D eigenvalue weighted by Crippen LogP contribution is 2.19. The van der Waals surface area contributed by atoms with Gasteiger partial charge >= 0.3 is 0 Å². The zero-order valence-corrected chi connectivity index (χ0v) is 22.1. The Morgan fingerprint density at radius 2 is 1.69 bits per heavy atom. The van der Waals surface area contributed by atoms with Gasteiger partial charge in [0, 0.05) is 30.8 Å². The lowest BCUT2D eigenvalue weighted by molar-refractivity contribution is -0.135. The Morgan fingerprint density at radius 3 is 2.29 bits per heavy atom. The van der Waals surface area contributed by atoms with Crippen molar-refractivity contribution in [2.75, 3.05) is 13.1 Å². The Kier molecular flexibility index (Phi) is 11.4. The van der Waals surface area contributed by atoms with Crippen LogP contribution < -0.4 is 21.7 Å². The van der Waals surface area contributed by atoms with Crippen LogP contribution in [0.25, 0.3) is 10.8 Å². The van der Waals surface area contributed by atoms with E-state index in [4.69, 9.17) is 17.3 Å². The smallest absolute Gasteiger partial charge is 0.245 e. The highest BCUT2D eigenvalue weighted by molar-refractivity contribution is 6.24. The average molecular weight is 527 g/mol. The summed E-state index contributed by atoms with van der Waals surface area (Å²) in [6.45, 7) is 6.50. The molecule has 6 N–H and O–H groups in total. The molecule has 0 fully saturated rings. The molecule has 2 aromatic rings. The topological polar surface area (TPSA) is 134 Å². The molecular formula is C25H36Cl2N4O4. The Bertz CT molecular complexity index is 1020. The number of amides is 3. The van der Waals surface area contributed by atoms with Crippen molar-refractivity contribution in [3.05, 3.63) is 48.0 Å². The monoisotopic (exact) mass is 526 g/mol. The average Bonchev–Trinajstić information content (AvgIpc) is 2.74. The van der Waals surface area contributed by atoms with Crippen LogP contribution in [0.3, 0.4) is 0 Å². The third-order valence-electron chi connectivity index (χ3n) is 5.26. The largest absolute Gasteiger partial charge is 0.390 e. The van der Waals surface area contributed by atoms with Gasteiger partial charge in [-0.3, -0.25) is 14.4 Å². The third-order valence-corrected chi connectivity index (χ3v) is 5.39. The van der Waals surface area contributed by atoms with Gasteiger partial charge in [-0.15, -0.1) is 24.0 Å². The van der Waals surface area contributed by atoms with Gasteiger partial charge < -0.3 is 26.8 Å². The fourth-order valence-electron chi connectivity index (χ4n) is 3.41. The van der Waals surface area contributed by atoms with Gasteiger partial charge in [0.05, 0.1) is 6.10 Å². The summed E-state index contributed by atoms with van der Waals surface area (Å²) in [6, 6.07) is 12.7. The fraction of sp³-hybridized carbons (Fsp3) is 0.480. The van der Waals surface area contributed by atoms with Crippen LogP contribution in [0.5, 0.6) is 0 Å². The number of aliphatic hydroxyl groups excluding tert-OH is 1. The lowest BCUT2D eigenvalue weighted by Crippen LogP contribution is -2.60. The molecule has 2 aromatic carbocycles. The number of carbonyl (C=O) groups is 3. The molecule has 0 spiro atoms. The lowest BCUT2D eigenvalue weighted by atomic mass is 9.98. The van der Waals surface area contributed by atoms with Crippen LogP contribution in [0.4, 0.5) is 0 Å². The first kappa shape index (κ1) is 30.6. The molecule has 0 aromatic heterocycles. The molecule has 1 unspecified atom stereocenters. The molecular weight excluding hydrogens is 491 g/mol. The maximum absolute atomic E-state index is 13.1. The van der Waals surface area contributed by atoms with Crippen molar-refractivity contribution >= 4 is 52.5 Å². The first-order valence-electron chi connectivity index (χ1n) is 11.2. The van der Waals surface area contributed by atoms with Crippen molar-refractivity contribution in [1.82, 2.24) is 16.0 Å². The minimum Gasteiger partial charge on any atom is -0.390 e. The van der Waals surface area contributed by atoms with Crippen LogP contribution in [0.1, 0.15) is 39.7 Å². The predicted octanol–water partition coefficient (Wildman–Crippen LogP) is 2.03. The highest BCUT2D eigenvalue weighted by Gasteiger charge is 2.34. The Balaban J connectivity index is 0.00000612. The lowest BCUT2D eigenvalue weighted by Gasteiger charge is -2.29. The fourth-order valence-corrected chi connectivity index (χ4v) is 3.53. The molecule has 0 aliphatic rings. The summed E-state index contributed by atoms with van der Waals surface area (Å²) in [7, 11) is 0. The second-order valence-corrected chi connectivity index (χ2v) is 10.6. The molecule has 2 atom stereocenters. The number of fused-ring (bicyclic) bond motifs is 1.